The van der Waals surface area contributed by atoms with E-state index in [0.717, 1.165) is 49.4 Å². The maximum Gasteiger partial charge on any atom is 0.230 e. The van der Waals surface area contributed by atoms with E-state index in [0.29, 0.717) is 6.04 Å². The Morgan fingerprint density at radius 2 is 2.36 bits per heavy atom. The lowest BCUT2D eigenvalue weighted by Gasteiger charge is -2.32. The first-order valence-electron chi connectivity index (χ1n) is 7.74. The van der Waals surface area contributed by atoms with E-state index in [9.17, 15) is 4.79 Å². The number of furan rings is 1. The third-order valence-electron chi connectivity index (χ3n) is 4.43. The molecule has 6 nitrogen and oxygen atoms in total. The van der Waals surface area contributed by atoms with Gasteiger partial charge in [0.15, 0.2) is 0 Å². The summed E-state index contributed by atoms with van der Waals surface area (Å²) in [6.07, 6.45) is 7.46. The first-order chi connectivity index (χ1) is 10.7. The predicted molar refractivity (Wildman–Crippen MR) is 79.9 cm³/mol. The topological polar surface area (TPSA) is 63.3 Å². The first-order valence-corrected chi connectivity index (χ1v) is 7.74. The van der Waals surface area contributed by atoms with Gasteiger partial charge in [-0.05, 0) is 18.9 Å². The Labute approximate surface area is 129 Å². The fourth-order valence-corrected chi connectivity index (χ4v) is 3.18. The van der Waals surface area contributed by atoms with Crippen LogP contribution < -0.4 is 5.32 Å². The summed E-state index contributed by atoms with van der Waals surface area (Å²) in [4.78, 5) is 19.4. The van der Waals surface area contributed by atoms with Crippen LogP contribution in [0.25, 0.3) is 0 Å². The molecular formula is C16H20N4O2. The molecule has 1 saturated carbocycles. The van der Waals surface area contributed by atoms with E-state index in [1.165, 1.54) is 0 Å². The highest BCUT2D eigenvalue weighted by Gasteiger charge is 2.36. The number of carbonyl (C=O) groups is 1. The number of nitrogens with zero attached hydrogens (tertiary/aromatic N) is 3. The summed E-state index contributed by atoms with van der Waals surface area (Å²) in [5.41, 5.74) is 3.19. The molecule has 1 N–H and O–H groups in total. The van der Waals surface area contributed by atoms with Gasteiger partial charge in [0.1, 0.15) is 0 Å². The molecule has 0 saturated heterocycles. The lowest BCUT2D eigenvalue weighted by molar-refractivity contribution is -0.123. The van der Waals surface area contributed by atoms with Crippen molar-refractivity contribution in [1.82, 2.24) is 19.8 Å². The summed E-state index contributed by atoms with van der Waals surface area (Å²) in [6.45, 7) is 2.27. The van der Waals surface area contributed by atoms with Gasteiger partial charge in [-0.15, -0.1) is 0 Å². The molecule has 1 amide bonds. The van der Waals surface area contributed by atoms with Crippen LogP contribution in [0.5, 0.6) is 0 Å². The highest BCUT2D eigenvalue weighted by Crippen LogP contribution is 2.30. The average molecular weight is 300 g/mol. The highest BCUT2D eigenvalue weighted by molar-refractivity contribution is 5.84. The Morgan fingerprint density at radius 3 is 3.09 bits per heavy atom. The smallest absolute Gasteiger partial charge is 0.230 e. The minimum Gasteiger partial charge on any atom is -0.472 e. The monoisotopic (exact) mass is 300 g/mol. The normalized spacial score (nSPS) is 21.6. The zero-order chi connectivity index (χ0) is 15.1. The number of rotatable bonds is 4. The maximum atomic E-state index is 12.6. The molecule has 1 aliphatic carbocycles. The van der Waals surface area contributed by atoms with Crippen molar-refractivity contribution in [1.29, 1.82) is 0 Å². The van der Waals surface area contributed by atoms with Crippen molar-refractivity contribution in [2.45, 2.75) is 37.9 Å². The molecular weight excluding hydrogens is 280 g/mol. The average Bonchev–Trinajstić information content (AvgIpc) is 3.02. The molecule has 2 aromatic heterocycles. The summed E-state index contributed by atoms with van der Waals surface area (Å²) in [5, 5.41) is 3.14. The van der Waals surface area contributed by atoms with Crippen LogP contribution in [0.4, 0.5) is 0 Å². The van der Waals surface area contributed by atoms with Crippen LogP contribution >= 0.6 is 0 Å². The van der Waals surface area contributed by atoms with Crippen molar-refractivity contribution in [2.75, 3.05) is 6.54 Å². The van der Waals surface area contributed by atoms with E-state index in [-0.39, 0.29) is 11.8 Å². The van der Waals surface area contributed by atoms with E-state index < -0.39 is 0 Å². The van der Waals surface area contributed by atoms with E-state index in [4.69, 9.17) is 4.42 Å². The van der Waals surface area contributed by atoms with Gasteiger partial charge < -0.3 is 14.3 Å². The molecule has 1 unspecified atom stereocenters. The summed E-state index contributed by atoms with van der Waals surface area (Å²) in [7, 11) is 1.97. The van der Waals surface area contributed by atoms with E-state index in [1.807, 2.05) is 24.0 Å². The quantitative estimate of drug-likeness (QED) is 0.927. The minimum atomic E-state index is -0.149. The van der Waals surface area contributed by atoms with Gasteiger partial charge in [-0.25, -0.2) is 4.98 Å². The molecule has 1 fully saturated rings. The van der Waals surface area contributed by atoms with E-state index >= 15 is 0 Å². The molecule has 2 aromatic rings. The number of nitrogens with one attached hydrogen (secondary N) is 1. The molecule has 0 radical (unpaired) electrons. The fourth-order valence-electron chi connectivity index (χ4n) is 3.18. The Hall–Kier alpha value is -2.08. The number of hydrogen-bond donors (Lipinski definition) is 1. The van der Waals surface area contributed by atoms with Crippen LogP contribution in [-0.2, 0) is 24.9 Å². The molecule has 6 heteroatoms. The Morgan fingerprint density at radius 1 is 1.50 bits per heavy atom. The molecule has 3 heterocycles. The first kappa shape index (κ1) is 13.6. The van der Waals surface area contributed by atoms with Crippen LogP contribution in [0.15, 0.2) is 29.3 Å². The molecule has 0 bridgehead atoms. The Bertz CT molecular complexity index is 672. The van der Waals surface area contributed by atoms with Gasteiger partial charge in [0.05, 0.1) is 36.2 Å². The lowest BCUT2D eigenvalue weighted by Crippen LogP contribution is -2.42. The SMILES string of the molecule is Cn1cnc2c1C(C(=O)NC1CC1)CN(Cc1ccoc1)C2. The summed E-state index contributed by atoms with van der Waals surface area (Å²) in [6, 6.07) is 2.35. The second kappa shape index (κ2) is 5.28. The number of carbonyl (C=O) groups excluding carboxylic acids is 1. The maximum absolute atomic E-state index is 12.6. The highest BCUT2D eigenvalue weighted by atomic mass is 16.3. The van der Waals surface area contributed by atoms with Crippen LogP contribution in [0, 0.1) is 0 Å². The van der Waals surface area contributed by atoms with E-state index in [1.54, 1.807) is 12.5 Å². The Kier molecular flexibility index (Phi) is 3.26. The van der Waals surface area contributed by atoms with Crippen molar-refractivity contribution < 1.29 is 9.21 Å². The van der Waals surface area contributed by atoms with Crippen LogP contribution in [0.2, 0.25) is 0 Å². The van der Waals surface area contributed by atoms with Crippen molar-refractivity contribution in [2.24, 2.45) is 7.05 Å². The second-order valence-electron chi connectivity index (χ2n) is 6.32. The zero-order valence-corrected chi connectivity index (χ0v) is 12.7. The zero-order valence-electron chi connectivity index (χ0n) is 12.7. The number of aromatic nitrogens is 2. The molecule has 0 spiro atoms. The van der Waals surface area contributed by atoms with Crippen LogP contribution in [0.1, 0.15) is 35.7 Å². The summed E-state index contributed by atoms with van der Waals surface area (Å²) in [5.74, 6) is -0.0204. The molecule has 1 atom stereocenters. The standard InChI is InChI=1S/C16H20N4O2/c1-19-10-17-14-8-20(6-11-4-5-22-9-11)7-13(15(14)19)16(21)18-12-2-3-12/h4-5,9-10,12-13H,2-3,6-8H2,1H3,(H,18,21). The van der Waals surface area contributed by atoms with Gasteiger partial charge in [-0.3, -0.25) is 9.69 Å². The molecule has 116 valence electrons. The lowest BCUT2D eigenvalue weighted by atomic mass is 9.96. The van der Waals surface area contributed by atoms with Gasteiger partial charge in [0.2, 0.25) is 5.91 Å². The van der Waals surface area contributed by atoms with Gasteiger partial charge >= 0.3 is 0 Å². The Balaban J connectivity index is 1.57. The minimum absolute atomic E-state index is 0.129. The second-order valence-corrected chi connectivity index (χ2v) is 6.32. The van der Waals surface area contributed by atoms with Gasteiger partial charge in [-0.1, -0.05) is 0 Å². The molecule has 0 aromatic carbocycles. The molecule has 22 heavy (non-hydrogen) atoms. The van der Waals surface area contributed by atoms with Gasteiger partial charge in [0.25, 0.3) is 0 Å². The number of amides is 1. The predicted octanol–water partition coefficient (Wildman–Crippen LogP) is 1.39. The van der Waals surface area contributed by atoms with Crippen molar-refractivity contribution in [3.8, 4) is 0 Å². The van der Waals surface area contributed by atoms with Crippen LogP contribution in [-0.4, -0.2) is 32.9 Å². The summed E-state index contributed by atoms with van der Waals surface area (Å²) >= 11 is 0. The van der Waals surface area contributed by atoms with E-state index in [2.05, 4.69) is 15.2 Å². The number of aryl methyl sites for hydroxylation is 1. The number of imidazole rings is 1. The van der Waals surface area contributed by atoms with Gasteiger partial charge in [0, 0.05) is 38.3 Å². The number of hydrogen-bond acceptors (Lipinski definition) is 4. The molecule has 1 aliphatic heterocycles. The molecule has 2 aliphatic rings. The third-order valence-corrected chi connectivity index (χ3v) is 4.43. The van der Waals surface area contributed by atoms with Crippen molar-refractivity contribution in [3.05, 3.63) is 41.9 Å². The molecule has 4 rings (SSSR count). The van der Waals surface area contributed by atoms with Crippen molar-refractivity contribution in [3.63, 3.8) is 0 Å². The summed E-state index contributed by atoms with van der Waals surface area (Å²) < 4.78 is 7.13. The van der Waals surface area contributed by atoms with Gasteiger partial charge in [-0.2, -0.15) is 0 Å². The van der Waals surface area contributed by atoms with Crippen molar-refractivity contribution >= 4 is 5.91 Å². The third kappa shape index (κ3) is 2.54. The largest absolute Gasteiger partial charge is 0.472 e. The number of fused-ring (bicyclic) bond motifs is 1. The fraction of sp³-hybridized carbons (Fsp3) is 0.500. The van der Waals surface area contributed by atoms with Crippen LogP contribution in [0.3, 0.4) is 0 Å².